The molecule has 0 bridgehead atoms. The number of hydrogen-bond acceptors (Lipinski definition) is 3. The van der Waals surface area contributed by atoms with Gasteiger partial charge in [-0.05, 0) is 68.0 Å². The van der Waals surface area contributed by atoms with E-state index in [0.717, 1.165) is 24.2 Å². The maximum Gasteiger partial charge on any atom is 0.223 e. The lowest BCUT2D eigenvalue weighted by molar-refractivity contribution is 0.453. The molecular formula is C17H20N2O. The fourth-order valence-corrected chi connectivity index (χ4v) is 2.84. The van der Waals surface area contributed by atoms with Crippen LogP contribution in [0.1, 0.15) is 34.4 Å². The minimum atomic E-state index is 0.459. The van der Waals surface area contributed by atoms with Crippen molar-refractivity contribution < 1.29 is 4.74 Å². The number of aromatic nitrogens is 1. The standard InChI is InChI=1S/C17H20N2O/c1-11-6-12(2)8-15(7-11)20-17-14(10-18)9-13-4-3-5-16(13)19-17/h6-9H,3-5,10,18H2,1-2H3. The summed E-state index contributed by atoms with van der Waals surface area (Å²) in [5, 5.41) is 0. The Labute approximate surface area is 119 Å². The molecule has 1 aromatic carbocycles. The molecule has 1 heterocycles. The van der Waals surface area contributed by atoms with Crippen molar-refractivity contribution >= 4 is 0 Å². The quantitative estimate of drug-likeness (QED) is 0.927. The van der Waals surface area contributed by atoms with Gasteiger partial charge in [0.1, 0.15) is 5.75 Å². The van der Waals surface area contributed by atoms with E-state index in [0.29, 0.717) is 12.4 Å². The second-order valence-electron chi connectivity index (χ2n) is 5.54. The van der Waals surface area contributed by atoms with Crippen LogP contribution in [0, 0.1) is 13.8 Å². The number of fused-ring (bicyclic) bond motifs is 1. The number of nitrogens with zero attached hydrogens (tertiary/aromatic N) is 1. The summed E-state index contributed by atoms with van der Waals surface area (Å²) in [7, 11) is 0. The highest BCUT2D eigenvalue weighted by Crippen LogP contribution is 2.30. The van der Waals surface area contributed by atoms with Gasteiger partial charge in [-0.15, -0.1) is 0 Å². The van der Waals surface area contributed by atoms with Gasteiger partial charge in [0.25, 0.3) is 0 Å². The number of ether oxygens (including phenoxy) is 1. The molecule has 2 N–H and O–H groups in total. The molecule has 0 amide bonds. The van der Waals surface area contributed by atoms with E-state index in [1.807, 2.05) is 12.1 Å². The summed E-state index contributed by atoms with van der Waals surface area (Å²) in [4.78, 5) is 4.68. The van der Waals surface area contributed by atoms with Crippen molar-refractivity contribution in [1.82, 2.24) is 4.98 Å². The Morgan fingerprint density at radius 1 is 1.10 bits per heavy atom. The number of pyridine rings is 1. The van der Waals surface area contributed by atoms with Gasteiger partial charge in [0, 0.05) is 17.8 Å². The van der Waals surface area contributed by atoms with Crippen molar-refractivity contribution in [3.8, 4) is 11.6 Å². The molecule has 20 heavy (non-hydrogen) atoms. The highest BCUT2D eigenvalue weighted by atomic mass is 16.5. The molecule has 2 aromatic rings. The van der Waals surface area contributed by atoms with E-state index in [9.17, 15) is 0 Å². The zero-order valence-electron chi connectivity index (χ0n) is 12.1. The monoisotopic (exact) mass is 268 g/mol. The highest BCUT2D eigenvalue weighted by molar-refractivity contribution is 5.41. The predicted octanol–water partition coefficient (Wildman–Crippen LogP) is 3.44. The van der Waals surface area contributed by atoms with Crippen LogP contribution in [-0.4, -0.2) is 4.98 Å². The summed E-state index contributed by atoms with van der Waals surface area (Å²) in [6.45, 7) is 4.60. The first-order chi connectivity index (χ1) is 9.65. The molecule has 0 radical (unpaired) electrons. The van der Waals surface area contributed by atoms with Crippen LogP contribution in [0.3, 0.4) is 0 Å². The lowest BCUT2D eigenvalue weighted by atomic mass is 10.1. The Bertz CT molecular complexity index is 629. The van der Waals surface area contributed by atoms with Crippen molar-refractivity contribution in [3.63, 3.8) is 0 Å². The number of hydrogen-bond donors (Lipinski definition) is 1. The van der Waals surface area contributed by atoms with Crippen LogP contribution in [0.25, 0.3) is 0 Å². The fraction of sp³-hybridized carbons (Fsp3) is 0.353. The molecule has 104 valence electrons. The van der Waals surface area contributed by atoms with E-state index in [-0.39, 0.29) is 0 Å². The lowest BCUT2D eigenvalue weighted by Crippen LogP contribution is -2.04. The van der Waals surface area contributed by atoms with Gasteiger partial charge in [-0.2, -0.15) is 0 Å². The molecule has 3 rings (SSSR count). The maximum atomic E-state index is 6.00. The van der Waals surface area contributed by atoms with Gasteiger partial charge < -0.3 is 10.5 Å². The number of aryl methyl sites for hydroxylation is 4. The van der Waals surface area contributed by atoms with Crippen molar-refractivity contribution in [2.24, 2.45) is 5.73 Å². The van der Waals surface area contributed by atoms with Gasteiger partial charge in [-0.1, -0.05) is 6.07 Å². The van der Waals surface area contributed by atoms with Crippen molar-refractivity contribution in [2.45, 2.75) is 39.7 Å². The molecule has 0 saturated heterocycles. The summed E-state index contributed by atoms with van der Waals surface area (Å²) in [5.74, 6) is 1.50. The van der Waals surface area contributed by atoms with Crippen LogP contribution < -0.4 is 10.5 Å². The lowest BCUT2D eigenvalue weighted by Gasteiger charge is -2.12. The first-order valence-electron chi connectivity index (χ1n) is 7.13. The molecule has 0 fully saturated rings. The van der Waals surface area contributed by atoms with Crippen molar-refractivity contribution in [1.29, 1.82) is 0 Å². The minimum Gasteiger partial charge on any atom is -0.439 e. The number of nitrogens with two attached hydrogens (primary N) is 1. The number of benzene rings is 1. The molecule has 0 aliphatic heterocycles. The zero-order valence-corrected chi connectivity index (χ0v) is 12.1. The summed E-state index contributed by atoms with van der Waals surface area (Å²) < 4.78 is 6.00. The molecular weight excluding hydrogens is 248 g/mol. The van der Waals surface area contributed by atoms with Gasteiger partial charge in [0.2, 0.25) is 5.88 Å². The zero-order chi connectivity index (χ0) is 14.1. The van der Waals surface area contributed by atoms with E-state index in [1.165, 1.54) is 28.8 Å². The molecule has 1 aliphatic rings. The Balaban J connectivity index is 1.97. The first-order valence-corrected chi connectivity index (χ1v) is 7.13. The molecule has 3 heteroatoms. The van der Waals surface area contributed by atoms with Crippen molar-refractivity contribution in [2.75, 3.05) is 0 Å². The predicted molar refractivity (Wildman–Crippen MR) is 80.1 cm³/mol. The van der Waals surface area contributed by atoms with E-state index in [1.54, 1.807) is 0 Å². The summed E-state index contributed by atoms with van der Waals surface area (Å²) in [6, 6.07) is 8.35. The molecule has 3 nitrogen and oxygen atoms in total. The molecule has 0 spiro atoms. The third-order valence-corrected chi connectivity index (χ3v) is 3.72. The van der Waals surface area contributed by atoms with Crippen LogP contribution in [0.2, 0.25) is 0 Å². The topological polar surface area (TPSA) is 48.1 Å². The summed E-state index contributed by atoms with van der Waals surface area (Å²) in [5.41, 5.74) is 11.7. The van der Waals surface area contributed by atoms with Crippen molar-refractivity contribution in [3.05, 3.63) is 52.2 Å². The second-order valence-corrected chi connectivity index (χ2v) is 5.54. The van der Waals surface area contributed by atoms with Crippen LogP contribution in [0.15, 0.2) is 24.3 Å². The Morgan fingerprint density at radius 2 is 1.85 bits per heavy atom. The Kier molecular flexibility index (Phi) is 3.45. The van der Waals surface area contributed by atoms with Gasteiger partial charge in [-0.25, -0.2) is 4.98 Å². The Morgan fingerprint density at radius 3 is 2.55 bits per heavy atom. The highest BCUT2D eigenvalue weighted by Gasteiger charge is 2.17. The summed E-state index contributed by atoms with van der Waals surface area (Å²) >= 11 is 0. The average molecular weight is 268 g/mol. The van der Waals surface area contributed by atoms with E-state index < -0.39 is 0 Å². The second kappa shape index (κ2) is 5.25. The average Bonchev–Trinajstić information content (AvgIpc) is 2.83. The number of rotatable bonds is 3. The molecule has 0 atom stereocenters. The van der Waals surface area contributed by atoms with E-state index in [4.69, 9.17) is 10.5 Å². The molecule has 1 aliphatic carbocycles. The minimum absolute atomic E-state index is 0.459. The van der Waals surface area contributed by atoms with Crippen LogP contribution in [-0.2, 0) is 19.4 Å². The van der Waals surface area contributed by atoms with Gasteiger partial charge in [0.05, 0.1) is 0 Å². The smallest absolute Gasteiger partial charge is 0.223 e. The largest absolute Gasteiger partial charge is 0.439 e. The van der Waals surface area contributed by atoms with Crippen LogP contribution in [0.5, 0.6) is 11.6 Å². The summed E-state index contributed by atoms with van der Waals surface area (Å²) in [6.07, 6.45) is 3.34. The first kappa shape index (κ1) is 13.1. The maximum absolute atomic E-state index is 6.00. The van der Waals surface area contributed by atoms with Gasteiger partial charge in [-0.3, -0.25) is 0 Å². The molecule has 0 unspecified atom stereocenters. The van der Waals surface area contributed by atoms with E-state index >= 15 is 0 Å². The van der Waals surface area contributed by atoms with Crippen LogP contribution >= 0.6 is 0 Å². The molecule has 1 aromatic heterocycles. The SMILES string of the molecule is Cc1cc(C)cc(Oc2nc3c(cc2CN)CCC3)c1. The molecule has 0 saturated carbocycles. The van der Waals surface area contributed by atoms with Gasteiger partial charge >= 0.3 is 0 Å². The fourth-order valence-electron chi connectivity index (χ4n) is 2.84. The van der Waals surface area contributed by atoms with Gasteiger partial charge in [0.15, 0.2) is 0 Å². The van der Waals surface area contributed by atoms with Crippen LogP contribution in [0.4, 0.5) is 0 Å². The normalized spacial score (nSPS) is 13.3. The Hall–Kier alpha value is -1.87. The van der Waals surface area contributed by atoms with E-state index in [2.05, 4.69) is 31.0 Å². The third-order valence-electron chi connectivity index (χ3n) is 3.72. The third kappa shape index (κ3) is 2.54.